The lowest BCUT2D eigenvalue weighted by Crippen LogP contribution is -2.39. The monoisotopic (exact) mass is 597 g/mol. The number of imidazole rings is 1. The third-order valence-corrected chi connectivity index (χ3v) is 8.16. The number of rotatable bonds is 8. The van der Waals surface area contributed by atoms with Gasteiger partial charge in [-0.05, 0) is 55.9 Å². The molecule has 0 radical (unpaired) electrons. The van der Waals surface area contributed by atoms with Crippen molar-refractivity contribution < 1.29 is 23.0 Å². The molecule has 1 aliphatic carbocycles. The average Bonchev–Trinajstić information content (AvgIpc) is 3.60. The van der Waals surface area contributed by atoms with Crippen LogP contribution in [0.15, 0.2) is 59.7 Å². The van der Waals surface area contributed by atoms with Gasteiger partial charge >= 0.3 is 5.69 Å². The maximum absolute atomic E-state index is 13.7. The van der Waals surface area contributed by atoms with Crippen LogP contribution in [0.25, 0.3) is 16.7 Å². The molecule has 1 aliphatic heterocycles. The number of hydrogen-bond acceptors (Lipinski definition) is 6. The summed E-state index contributed by atoms with van der Waals surface area (Å²) in [6.45, 7) is 1.75. The van der Waals surface area contributed by atoms with Crippen LogP contribution in [0.1, 0.15) is 54.6 Å². The minimum absolute atomic E-state index is 0.0136. The van der Waals surface area contributed by atoms with Crippen molar-refractivity contribution in [2.45, 2.75) is 57.2 Å². The predicted octanol–water partition coefficient (Wildman–Crippen LogP) is 5.33. The summed E-state index contributed by atoms with van der Waals surface area (Å²) in [6.07, 6.45) is 3.55. The fourth-order valence-electron chi connectivity index (χ4n) is 5.80. The number of amides is 1. The molecule has 4 aromatic rings. The number of ether oxygens (including phenoxy) is 2. The van der Waals surface area contributed by atoms with Crippen molar-refractivity contribution in [3.05, 3.63) is 81.6 Å². The summed E-state index contributed by atoms with van der Waals surface area (Å²) in [4.78, 5) is 34.6. The molecule has 6 rings (SSSR count). The van der Waals surface area contributed by atoms with Crippen molar-refractivity contribution in [1.29, 1.82) is 0 Å². The van der Waals surface area contributed by atoms with Gasteiger partial charge in [0.05, 0.1) is 46.7 Å². The Balaban J connectivity index is 1.14. The van der Waals surface area contributed by atoms with E-state index in [2.05, 4.69) is 15.3 Å². The first kappa shape index (κ1) is 28.3. The van der Waals surface area contributed by atoms with Gasteiger partial charge in [-0.25, -0.2) is 18.6 Å². The van der Waals surface area contributed by atoms with Gasteiger partial charge in [0.25, 0.3) is 12.3 Å². The molecule has 42 heavy (non-hydrogen) atoms. The molecule has 2 aliphatic rings. The number of fused-ring (bicyclic) bond motifs is 1. The molecule has 0 bridgehead atoms. The van der Waals surface area contributed by atoms with E-state index in [-0.39, 0.29) is 34.3 Å². The average molecular weight is 598 g/mol. The maximum atomic E-state index is 13.7. The summed E-state index contributed by atoms with van der Waals surface area (Å²) in [5.41, 5.74) is 1.32. The third-order valence-electron chi connectivity index (χ3n) is 7.95. The Morgan fingerprint density at radius 1 is 1.07 bits per heavy atom. The van der Waals surface area contributed by atoms with Gasteiger partial charge in [-0.1, -0.05) is 23.7 Å². The van der Waals surface area contributed by atoms with Crippen molar-refractivity contribution in [3.63, 3.8) is 0 Å². The standard InChI is InChI=1S/C30H30ClF2N5O4/c31-19-13-23(27(28(32)33)35-14-19)29(39)36-20-7-5-18(6-8-20)16-37-24-3-1-2-4-25(24)38(30(37)40)21-9-10-26(34-15-21)42-22-11-12-41-17-22/h1-4,9-10,13-15,18,20,22,28H,5-8,11-12,16-17H2,(H,36,39)/t18-,20-,22-/m0/s1. The number of aromatic nitrogens is 4. The lowest BCUT2D eigenvalue weighted by Gasteiger charge is -2.29. The van der Waals surface area contributed by atoms with Gasteiger partial charge in [0.2, 0.25) is 5.88 Å². The van der Waals surface area contributed by atoms with Crippen molar-refractivity contribution >= 4 is 28.5 Å². The fraction of sp³-hybridized carbons (Fsp3) is 0.400. The fourth-order valence-corrected chi connectivity index (χ4v) is 5.96. The normalized spacial score (nSPS) is 20.7. The number of para-hydroxylation sites is 2. The number of halogens is 3. The van der Waals surface area contributed by atoms with E-state index < -0.39 is 18.0 Å². The van der Waals surface area contributed by atoms with Crippen LogP contribution in [0.3, 0.4) is 0 Å². The van der Waals surface area contributed by atoms with Crippen LogP contribution in [0, 0.1) is 5.92 Å². The van der Waals surface area contributed by atoms with Gasteiger partial charge in [-0.2, -0.15) is 0 Å². The summed E-state index contributed by atoms with van der Waals surface area (Å²) >= 11 is 5.91. The molecule has 3 aromatic heterocycles. The molecule has 0 spiro atoms. The Bertz CT molecular complexity index is 1630. The van der Waals surface area contributed by atoms with Crippen molar-refractivity contribution in [2.75, 3.05) is 13.2 Å². The molecule has 2 fully saturated rings. The van der Waals surface area contributed by atoms with E-state index in [1.807, 2.05) is 30.3 Å². The lowest BCUT2D eigenvalue weighted by molar-refractivity contribution is 0.0904. The Morgan fingerprint density at radius 3 is 2.55 bits per heavy atom. The SMILES string of the molecule is O=C(N[C@H]1CC[C@H](Cn2c(=O)n(-c3ccc(O[C@H]4CCOC4)nc3)c3ccccc32)CC1)c1cc(Cl)cnc1C(F)F. The molecule has 12 heteroatoms. The van der Waals surface area contributed by atoms with Crippen molar-refractivity contribution in [2.24, 2.45) is 5.92 Å². The molecule has 1 saturated carbocycles. The summed E-state index contributed by atoms with van der Waals surface area (Å²) in [5, 5.41) is 2.99. The van der Waals surface area contributed by atoms with E-state index in [0.717, 1.165) is 36.5 Å². The number of alkyl halides is 2. The highest BCUT2D eigenvalue weighted by molar-refractivity contribution is 6.30. The largest absolute Gasteiger partial charge is 0.472 e. The van der Waals surface area contributed by atoms with Crippen molar-refractivity contribution in [3.8, 4) is 11.6 Å². The number of carbonyl (C=O) groups is 1. The molecule has 1 N–H and O–H groups in total. The molecular formula is C30H30ClF2N5O4. The topological polar surface area (TPSA) is 100 Å². The van der Waals surface area contributed by atoms with E-state index in [9.17, 15) is 18.4 Å². The Morgan fingerprint density at radius 2 is 1.86 bits per heavy atom. The van der Waals surface area contributed by atoms with E-state index in [1.165, 1.54) is 6.07 Å². The van der Waals surface area contributed by atoms with Crippen LogP contribution in [0.4, 0.5) is 8.78 Å². The van der Waals surface area contributed by atoms with E-state index in [0.29, 0.717) is 44.2 Å². The van der Waals surface area contributed by atoms with Crippen LogP contribution in [-0.4, -0.2) is 50.4 Å². The molecule has 9 nitrogen and oxygen atoms in total. The van der Waals surface area contributed by atoms with E-state index in [1.54, 1.807) is 21.4 Å². The van der Waals surface area contributed by atoms with Gasteiger partial charge in [-0.3, -0.25) is 18.9 Å². The summed E-state index contributed by atoms with van der Waals surface area (Å²) < 4.78 is 41.4. The predicted molar refractivity (Wildman–Crippen MR) is 153 cm³/mol. The number of hydrogen-bond donors (Lipinski definition) is 1. The highest BCUT2D eigenvalue weighted by Crippen LogP contribution is 2.29. The quantitative estimate of drug-likeness (QED) is 0.295. The Kier molecular flexibility index (Phi) is 8.21. The summed E-state index contributed by atoms with van der Waals surface area (Å²) in [6, 6.07) is 12.3. The Labute approximate surface area is 245 Å². The first-order valence-electron chi connectivity index (χ1n) is 14.0. The summed E-state index contributed by atoms with van der Waals surface area (Å²) in [7, 11) is 0. The van der Waals surface area contributed by atoms with Crippen LogP contribution in [-0.2, 0) is 11.3 Å². The number of nitrogens with zero attached hydrogens (tertiary/aromatic N) is 4. The molecule has 1 atom stereocenters. The lowest BCUT2D eigenvalue weighted by atomic mass is 9.85. The Hall–Kier alpha value is -3.83. The van der Waals surface area contributed by atoms with Gasteiger partial charge in [-0.15, -0.1) is 0 Å². The summed E-state index contributed by atoms with van der Waals surface area (Å²) in [5.74, 6) is 0.0960. The van der Waals surface area contributed by atoms with Gasteiger partial charge in [0.1, 0.15) is 11.8 Å². The van der Waals surface area contributed by atoms with E-state index >= 15 is 0 Å². The van der Waals surface area contributed by atoms with Crippen molar-refractivity contribution in [1.82, 2.24) is 24.4 Å². The minimum Gasteiger partial charge on any atom is -0.472 e. The van der Waals surface area contributed by atoms with Crippen LogP contribution < -0.4 is 15.7 Å². The molecule has 1 amide bonds. The van der Waals surface area contributed by atoms with Crippen LogP contribution in [0.2, 0.25) is 5.02 Å². The molecule has 0 unspecified atom stereocenters. The molecule has 220 valence electrons. The van der Waals surface area contributed by atoms with Crippen LogP contribution in [0.5, 0.6) is 5.88 Å². The maximum Gasteiger partial charge on any atom is 0.333 e. The molecular weight excluding hydrogens is 568 g/mol. The second kappa shape index (κ2) is 12.2. The van der Waals surface area contributed by atoms with Gasteiger partial charge < -0.3 is 14.8 Å². The molecule has 4 heterocycles. The van der Waals surface area contributed by atoms with Gasteiger partial charge in [0, 0.05) is 31.3 Å². The second-order valence-corrected chi connectivity index (χ2v) is 11.2. The van der Waals surface area contributed by atoms with Crippen LogP contribution >= 0.6 is 11.6 Å². The minimum atomic E-state index is -2.88. The zero-order valence-corrected chi connectivity index (χ0v) is 23.5. The molecule has 1 aromatic carbocycles. The number of pyridine rings is 2. The zero-order chi connectivity index (χ0) is 29.2. The zero-order valence-electron chi connectivity index (χ0n) is 22.7. The van der Waals surface area contributed by atoms with E-state index in [4.69, 9.17) is 21.1 Å². The number of benzene rings is 1. The first-order valence-corrected chi connectivity index (χ1v) is 14.4. The first-order chi connectivity index (χ1) is 20.4. The van der Waals surface area contributed by atoms with Gasteiger partial charge in [0.15, 0.2) is 0 Å². The third kappa shape index (κ3) is 5.89. The second-order valence-electron chi connectivity index (χ2n) is 10.8. The highest BCUT2D eigenvalue weighted by atomic mass is 35.5. The molecule has 1 saturated heterocycles. The highest BCUT2D eigenvalue weighted by Gasteiger charge is 2.27. The number of nitrogens with one attached hydrogen (secondary N) is 1. The smallest absolute Gasteiger partial charge is 0.333 e. The number of carbonyl (C=O) groups excluding carboxylic acids is 1.